The lowest BCUT2D eigenvalue weighted by Crippen LogP contribution is -2.13. The van der Waals surface area contributed by atoms with Crippen LogP contribution in [0, 0.1) is 11.8 Å². The Bertz CT molecular complexity index is 1170. The molecule has 4 unspecified atom stereocenters. The highest BCUT2D eigenvalue weighted by molar-refractivity contribution is 5.84. The fraction of sp³-hybridized carbons (Fsp3) is 0.286. The molecule has 1 N–H and O–H groups in total. The van der Waals surface area contributed by atoms with Crippen molar-refractivity contribution in [2.45, 2.75) is 37.5 Å². The molecule has 2 aromatic carbocycles. The van der Waals surface area contributed by atoms with Crippen LogP contribution in [0.3, 0.4) is 0 Å². The molecule has 3 aliphatic rings. The molecule has 2 fully saturated rings. The van der Waals surface area contributed by atoms with Crippen LogP contribution in [0.15, 0.2) is 85.1 Å². The zero-order valence-electron chi connectivity index (χ0n) is 16.9. The quantitative estimate of drug-likeness (QED) is 0.454. The second-order valence-electron chi connectivity index (χ2n) is 8.98. The predicted molar refractivity (Wildman–Crippen MR) is 122 cm³/mol. The molecule has 1 heteroatoms. The van der Waals surface area contributed by atoms with Gasteiger partial charge in [0.15, 0.2) is 0 Å². The van der Waals surface area contributed by atoms with Gasteiger partial charge in [0.1, 0.15) is 0 Å². The monoisotopic (exact) mass is 377 g/mol. The van der Waals surface area contributed by atoms with Gasteiger partial charge in [-0.25, -0.2) is 0 Å². The number of hydrogen-bond donors (Lipinski definition) is 1. The van der Waals surface area contributed by atoms with Crippen molar-refractivity contribution in [3.05, 3.63) is 102 Å². The highest BCUT2D eigenvalue weighted by atomic mass is 14.7. The Morgan fingerprint density at radius 3 is 2.90 bits per heavy atom. The van der Waals surface area contributed by atoms with Gasteiger partial charge in [-0.1, -0.05) is 79.8 Å². The van der Waals surface area contributed by atoms with E-state index in [1.807, 2.05) is 0 Å². The molecule has 144 valence electrons. The number of para-hydroxylation sites is 1. The maximum absolute atomic E-state index is 3.45. The second-order valence-corrected chi connectivity index (χ2v) is 8.98. The Labute approximate surface area is 172 Å². The molecule has 4 atom stereocenters. The van der Waals surface area contributed by atoms with Crippen molar-refractivity contribution in [2.75, 3.05) is 0 Å². The summed E-state index contributed by atoms with van der Waals surface area (Å²) in [6, 6.07) is 17.7. The highest BCUT2D eigenvalue weighted by Gasteiger charge is 2.55. The van der Waals surface area contributed by atoms with E-state index in [2.05, 4.69) is 97.0 Å². The third kappa shape index (κ3) is 2.68. The zero-order valence-corrected chi connectivity index (χ0v) is 16.9. The second kappa shape index (κ2) is 6.35. The summed E-state index contributed by atoms with van der Waals surface area (Å²) in [6.07, 6.45) is 18.1. The van der Waals surface area contributed by atoms with Crippen LogP contribution in [0.1, 0.15) is 48.8 Å². The van der Waals surface area contributed by atoms with Crippen LogP contribution in [0.25, 0.3) is 16.5 Å². The van der Waals surface area contributed by atoms with Crippen molar-refractivity contribution >= 4 is 16.5 Å². The van der Waals surface area contributed by atoms with Crippen molar-refractivity contribution in [1.82, 2.24) is 4.98 Å². The molecule has 1 aromatic heterocycles. The summed E-state index contributed by atoms with van der Waals surface area (Å²) in [5, 5.41) is 1.40. The van der Waals surface area contributed by atoms with Gasteiger partial charge in [-0.05, 0) is 65.3 Å². The Hall–Kier alpha value is -2.80. The topological polar surface area (TPSA) is 15.8 Å². The largest absolute Gasteiger partial charge is 0.361 e. The molecule has 0 aliphatic heterocycles. The molecular weight excluding hydrogens is 350 g/mol. The van der Waals surface area contributed by atoms with Gasteiger partial charge in [-0.3, -0.25) is 0 Å². The van der Waals surface area contributed by atoms with Crippen LogP contribution in [-0.4, -0.2) is 4.98 Å². The summed E-state index contributed by atoms with van der Waals surface area (Å²) < 4.78 is 0. The molecule has 0 amide bonds. The van der Waals surface area contributed by atoms with E-state index >= 15 is 0 Å². The van der Waals surface area contributed by atoms with Crippen LogP contribution in [0.2, 0.25) is 0 Å². The molecular formula is C28H27N. The summed E-state index contributed by atoms with van der Waals surface area (Å²) in [6.45, 7) is 2.20. The third-order valence-corrected chi connectivity index (χ3v) is 7.21. The summed E-state index contributed by atoms with van der Waals surface area (Å²) in [5.74, 6) is 2.02. The normalized spacial score (nSPS) is 29.8. The fourth-order valence-corrected chi connectivity index (χ4v) is 5.42. The number of hydrogen-bond acceptors (Lipinski definition) is 0. The Kier molecular flexibility index (Phi) is 3.74. The minimum absolute atomic E-state index is 0.244. The molecule has 3 aromatic rings. The Morgan fingerprint density at radius 2 is 1.97 bits per heavy atom. The van der Waals surface area contributed by atoms with E-state index in [0.717, 1.165) is 6.42 Å². The van der Waals surface area contributed by atoms with Gasteiger partial charge in [0.2, 0.25) is 0 Å². The van der Waals surface area contributed by atoms with Crippen molar-refractivity contribution < 1.29 is 0 Å². The average molecular weight is 378 g/mol. The van der Waals surface area contributed by atoms with Gasteiger partial charge < -0.3 is 4.98 Å². The number of benzene rings is 2. The SMILES string of the molecule is CC/C=C/C1=CC2CC2(/C=C/C2CC2c2c[nH]c3ccccc23)c2ccccc21. The molecule has 2 saturated carbocycles. The number of fused-ring (bicyclic) bond motifs is 4. The van der Waals surface area contributed by atoms with Crippen molar-refractivity contribution in [2.24, 2.45) is 11.8 Å². The Morgan fingerprint density at radius 1 is 1.10 bits per heavy atom. The number of aromatic amines is 1. The van der Waals surface area contributed by atoms with Crippen molar-refractivity contribution in [1.29, 1.82) is 0 Å². The molecule has 1 nitrogen and oxygen atoms in total. The molecule has 0 radical (unpaired) electrons. The minimum Gasteiger partial charge on any atom is -0.361 e. The van der Waals surface area contributed by atoms with E-state index in [0.29, 0.717) is 17.8 Å². The number of aromatic nitrogens is 1. The van der Waals surface area contributed by atoms with Gasteiger partial charge in [0.05, 0.1) is 0 Å². The maximum Gasteiger partial charge on any atom is 0.0456 e. The smallest absolute Gasteiger partial charge is 0.0456 e. The molecule has 29 heavy (non-hydrogen) atoms. The van der Waals surface area contributed by atoms with E-state index in [1.54, 1.807) is 0 Å². The average Bonchev–Trinajstić information content (AvgIpc) is 3.65. The summed E-state index contributed by atoms with van der Waals surface area (Å²) >= 11 is 0. The van der Waals surface area contributed by atoms with E-state index in [9.17, 15) is 0 Å². The van der Waals surface area contributed by atoms with Gasteiger partial charge in [0, 0.05) is 22.5 Å². The zero-order chi connectivity index (χ0) is 19.4. The van der Waals surface area contributed by atoms with Gasteiger partial charge >= 0.3 is 0 Å². The van der Waals surface area contributed by atoms with E-state index in [1.165, 1.54) is 46.0 Å². The number of allylic oxidation sites excluding steroid dienone is 6. The van der Waals surface area contributed by atoms with Crippen LogP contribution in [0.4, 0.5) is 0 Å². The number of H-pyrrole nitrogens is 1. The van der Waals surface area contributed by atoms with Crippen molar-refractivity contribution in [3.63, 3.8) is 0 Å². The molecule has 0 bridgehead atoms. The first-order chi connectivity index (χ1) is 14.3. The number of rotatable bonds is 5. The summed E-state index contributed by atoms with van der Waals surface area (Å²) in [4.78, 5) is 3.45. The van der Waals surface area contributed by atoms with Crippen LogP contribution in [0.5, 0.6) is 0 Å². The van der Waals surface area contributed by atoms with E-state index in [4.69, 9.17) is 0 Å². The van der Waals surface area contributed by atoms with E-state index < -0.39 is 0 Å². The van der Waals surface area contributed by atoms with Gasteiger partial charge in [-0.2, -0.15) is 0 Å². The summed E-state index contributed by atoms with van der Waals surface area (Å²) in [5.41, 5.74) is 7.38. The van der Waals surface area contributed by atoms with Crippen LogP contribution >= 0.6 is 0 Å². The van der Waals surface area contributed by atoms with Crippen LogP contribution in [-0.2, 0) is 5.41 Å². The minimum atomic E-state index is 0.244. The first kappa shape index (κ1) is 17.1. The van der Waals surface area contributed by atoms with E-state index in [-0.39, 0.29) is 5.41 Å². The highest BCUT2D eigenvalue weighted by Crippen LogP contribution is 2.62. The standard InChI is InChI=1S/C28H27N/c1-2-3-8-19-15-21-17-28(21,26-11-6-4-9-22(19)26)14-13-20-16-24(20)25-18-29-27-12-7-5-10-23(25)27/h3-15,18,20-21,24,29H,2,16-17H2,1H3/b8-3+,14-13+. The summed E-state index contributed by atoms with van der Waals surface area (Å²) in [7, 11) is 0. The first-order valence-corrected chi connectivity index (χ1v) is 11.0. The fourth-order valence-electron chi connectivity index (χ4n) is 5.42. The van der Waals surface area contributed by atoms with Gasteiger partial charge in [-0.15, -0.1) is 0 Å². The lowest BCUT2D eigenvalue weighted by Gasteiger charge is -2.22. The molecule has 3 aliphatic carbocycles. The lowest BCUT2D eigenvalue weighted by atomic mass is 9.81. The molecule has 0 spiro atoms. The predicted octanol–water partition coefficient (Wildman–Crippen LogP) is 7.15. The maximum atomic E-state index is 3.45. The first-order valence-electron chi connectivity index (χ1n) is 11.0. The van der Waals surface area contributed by atoms with Gasteiger partial charge in [0.25, 0.3) is 0 Å². The number of nitrogens with one attached hydrogen (secondary N) is 1. The lowest BCUT2D eigenvalue weighted by molar-refractivity contribution is 0.802. The molecule has 0 saturated heterocycles. The molecule has 6 rings (SSSR count). The Balaban J connectivity index is 1.27. The third-order valence-electron chi connectivity index (χ3n) is 7.21. The van der Waals surface area contributed by atoms with Crippen molar-refractivity contribution in [3.8, 4) is 0 Å². The van der Waals surface area contributed by atoms with Crippen LogP contribution < -0.4 is 0 Å². The molecule has 1 heterocycles.